The van der Waals surface area contributed by atoms with Gasteiger partial charge in [-0.15, -0.1) is 0 Å². The number of H-pyrrole nitrogens is 1. The van der Waals surface area contributed by atoms with Crippen LogP contribution in [0.15, 0.2) is 0 Å². The zero-order valence-electron chi connectivity index (χ0n) is 12.3. The highest BCUT2D eigenvalue weighted by Gasteiger charge is 2.18. The van der Waals surface area contributed by atoms with E-state index in [-0.39, 0.29) is 5.91 Å². The Morgan fingerprint density at radius 3 is 1.82 bits per heavy atom. The van der Waals surface area contributed by atoms with Gasteiger partial charge in [0.2, 0.25) is 0 Å². The summed E-state index contributed by atoms with van der Waals surface area (Å²) in [4.78, 5) is 17.1. The number of hydrogen-bond donors (Lipinski definition) is 1. The number of nitrogens with one attached hydrogen (secondary N) is 1. The van der Waals surface area contributed by atoms with Crippen molar-refractivity contribution >= 4 is 5.91 Å². The second kappa shape index (κ2) is 7.15. The number of amides is 1. The minimum Gasteiger partial charge on any atom is -0.354 e. The van der Waals surface area contributed by atoms with Gasteiger partial charge in [-0.1, -0.05) is 13.8 Å². The summed E-state index contributed by atoms with van der Waals surface area (Å²) in [5.74, 6) is 0.105. The van der Waals surface area contributed by atoms with Crippen LogP contribution < -0.4 is 0 Å². The SMILES string of the molecule is CC.CCN(CC)C(=O)c1[nH]c(C)c(C)c1C. The molecule has 0 aliphatic heterocycles. The average molecular weight is 238 g/mol. The molecule has 1 heterocycles. The van der Waals surface area contributed by atoms with Gasteiger partial charge in [-0.25, -0.2) is 0 Å². The Labute approximate surface area is 105 Å². The van der Waals surface area contributed by atoms with Crippen LogP contribution in [0.3, 0.4) is 0 Å². The first-order valence-electron chi connectivity index (χ1n) is 6.47. The van der Waals surface area contributed by atoms with E-state index < -0.39 is 0 Å². The minimum atomic E-state index is 0.105. The number of aryl methyl sites for hydroxylation is 1. The molecule has 0 aromatic carbocycles. The monoisotopic (exact) mass is 238 g/mol. The quantitative estimate of drug-likeness (QED) is 0.860. The molecule has 0 atom stereocenters. The normalized spacial score (nSPS) is 9.59. The molecule has 3 heteroatoms. The molecule has 1 aromatic rings. The Morgan fingerprint density at radius 1 is 1.06 bits per heavy atom. The Morgan fingerprint density at radius 2 is 1.53 bits per heavy atom. The number of nitrogens with zero attached hydrogens (tertiary/aromatic N) is 1. The highest BCUT2D eigenvalue weighted by molar-refractivity contribution is 5.94. The third kappa shape index (κ3) is 3.35. The van der Waals surface area contributed by atoms with Crippen molar-refractivity contribution in [1.82, 2.24) is 9.88 Å². The summed E-state index contributed by atoms with van der Waals surface area (Å²) in [6.45, 7) is 15.5. The van der Waals surface area contributed by atoms with Crippen LogP contribution in [0.5, 0.6) is 0 Å². The molecular weight excluding hydrogens is 212 g/mol. The maximum absolute atomic E-state index is 12.1. The summed E-state index contributed by atoms with van der Waals surface area (Å²) < 4.78 is 0. The van der Waals surface area contributed by atoms with Crippen LogP contribution in [-0.4, -0.2) is 28.9 Å². The van der Waals surface area contributed by atoms with Crippen LogP contribution in [-0.2, 0) is 0 Å². The summed E-state index contributed by atoms with van der Waals surface area (Å²) in [5, 5.41) is 0. The Balaban J connectivity index is 0.00000121. The lowest BCUT2D eigenvalue weighted by Gasteiger charge is -2.18. The van der Waals surface area contributed by atoms with E-state index in [1.807, 2.05) is 53.4 Å². The van der Waals surface area contributed by atoms with E-state index in [0.29, 0.717) is 0 Å². The summed E-state index contributed by atoms with van der Waals surface area (Å²) in [6.07, 6.45) is 0. The molecule has 0 radical (unpaired) electrons. The third-order valence-corrected chi connectivity index (χ3v) is 3.08. The van der Waals surface area contributed by atoms with Crippen LogP contribution >= 0.6 is 0 Å². The first-order chi connectivity index (χ1) is 8.02. The molecule has 1 aromatic heterocycles. The van der Waals surface area contributed by atoms with E-state index in [2.05, 4.69) is 4.98 Å². The molecule has 0 bridgehead atoms. The number of carbonyl (C=O) groups is 1. The molecule has 98 valence electrons. The third-order valence-electron chi connectivity index (χ3n) is 3.08. The molecule has 0 spiro atoms. The molecule has 0 unspecified atom stereocenters. The lowest BCUT2D eigenvalue weighted by atomic mass is 10.1. The summed E-state index contributed by atoms with van der Waals surface area (Å²) >= 11 is 0. The molecule has 0 fully saturated rings. The molecule has 0 saturated heterocycles. The van der Waals surface area contributed by atoms with E-state index in [0.717, 1.165) is 30.0 Å². The van der Waals surface area contributed by atoms with Crippen molar-refractivity contribution in [3.05, 3.63) is 22.5 Å². The van der Waals surface area contributed by atoms with Crippen molar-refractivity contribution in [2.75, 3.05) is 13.1 Å². The van der Waals surface area contributed by atoms with E-state index in [1.165, 1.54) is 5.56 Å². The lowest BCUT2D eigenvalue weighted by Crippen LogP contribution is -2.31. The van der Waals surface area contributed by atoms with Crippen molar-refractivity contribution in [1.29, 1.82) is 0 Å². The maximum atomic E-state index is 12.1. The van der Waals surface area contributed by atoms with Crippen LogP contribution in [0.25, 0.3) is 0 Å². The van der Waals surface area contributed by atoms with Crippen molar-refractivity contribution < 1.29 is 4.79 Å². The fourth-order valence-corrected chi connectivity index (χ4v) is 1.73. The first kappa shape index (κ1) is 15.8. The van der Waals surface area contributed by atoms with Gasteiger partial charge in [0.05, 0.1) is 0 Å². The number of aromatic nitrogens is 1. The first-order valence-corrected chi connectivity index (χ1v) is 6.47. The van der Waals surface area contributed by atoms with E-state index in [1.54, 1.807) is 0 Å². The van der Waals surface area contributed by atoms with E-state index in [9.17, 15) is 4.79 Å². The molecule has 0 aliphatic carbocycles. The van der Waals surface area contributed by atoms with Gasteiger partial charge in [-0.05, 0) is 45.7 Å². The maximum Gasteiger partial charge on any atom is 0.270 e. The van der Waals surface area contributed by atoms with E-state index in [4.69, 9.17) is 0 Å². The highest BCUT2D eigenvalue weighted by Crippen LogP contribution is 2.17. The Bertz CT molecular complexity index is 363. The van der Waals surface area contributed by atoms with Crippen LogP contribution in [0.1, 0.15) is 55.0 Å². The smallest absolute Gasteiger partial charge is 0.270 e. The highest BCUT2D eigenvalue weighted by atomic mass is 16.2. The lowest BCUT2D eigenvalue weighted by molar-refractivity contribution is 0.0767. The van der Waals surface area contributed by atoms with Gasteiger partial charge in [0.1, 0.15) is 5.69 Å². The van der Waals surface area contributed by atoms with Gasteiger partial charge in [0, 0.05) is 18.8 Å². The standard InChI is InChI=1S/C12H20N2O.C2H6/c1-6-14(7-2)12(15)11-9(4)8(3)10(5)13-11;1-2/h13H,6-7H2,1-5H3;1-2H3. The van der Waals surface area contributed by atoms with Gasteiger partial charge in [-0.3, -0.25) is 4.79 Å². The van der Waals surface area contributed by atoms with Crippen molar-refractivity contribution in [2.24, 2.45) is 0 Å². The van der Waals surface area contributed by atoms with Gasteiger partial charge in [0.15, 0.2) is 0 Å². The molecule has 17 heavy (non-hydrogen) atoms. The minimum absolute atomic E-state index is 0.105. The number of carbonyl (C=O) groups excluding carboxylic acids is 1. The van der Waals surface area contributed by atoms with Gasteiger partial charge >= 0.3 is 0 Å². The summed E-state index contributed by atoms with van der Waals surface area (Å²) in [6, 6.07) is 0. The molecule has 1 amide bonds. The predicted octanol–water partition coefficient (Wildman–Crippen LogP) is 3.45. The summed E-state index contributed by atoms with van der Waals surface area (Å²) in [7, 11) is 0. The molecule has 1 rings (SSSR count). The van der Waals surface area contributed by atoms with Crippen molar-refractivity contribution in [3.8, 4) is 0 Å². The van der Waals surface area contributed by atoms with Crippen LogP contribution in [0, 0.1) is 20.8 Å². The van der Waals surface area contributed by atoms with E-state index >= 15 is 0 Å². The van der Waals surface area contributed by atoms with Gasteiger partial charge in [-0.2, -0.15) is 0 Å². The average Bonchev–Trinajstić information content (AvgIpc) is 2.61. The Hall–Kier alpha value is -1.25. The van der Waals surface area contributed by atoms with Crippen molar-refractivity contribution in [3.63, 3.8) is 0 Å². The molecule has 1 N–H and O–H groups in total. The second-order valence-electron chi connectivity index (χ2n) is 3.85. The molecular formula is C14H26N2O. The van der Waals surface area contributed by atoms with Gasteiger partial charge < -0.3 is 9.88 Å². The fraction of sp³-hybridized carbons (Fsp3) is 0.643. The second-order valence-corrected chi connectivity index (χ2v) is 3.85. The van der Waals surface area contributed by atoms with Gasteiger partial charge in [0.25, 0.3) is 5.91 Å². The molecule has 0 saturated carbocycles. The largest absolute Gasteiger partial charge is 0.354 e. The number of hydrogen-bond acceptors (Lipinski definition) is 1. The van der Waals surface area contributed by atoms with Crippen LogP contribution in [0.2, 0.25) is 0 Å². The molecule has 3 nitrogen and oxygen atoms in total. The predicted molar refractivity (Wildman–Crippen MR) is 73.6 cm³/mol. The van der Waals surface area contributed by atoms with Crippen molar-refractivity contribution in [2.45, 2.75) is 48.5 Å². The summed E-state index contributed by atoms with van der Waals surface area (Å²) in [5.41, 5.74) is 4.09. The molecule has 0 aliphatic rings. The zero-order chi connectivity index (χ0) is 13.6. The van der Waals surface area contributed by atoms with Crippen LogP contribution in [0.4, 0.5) is 0 Å². The Kier molecular flexibility index (Phi) is 6.62. The number of aromatic amines is 1. The fourth-order valence-electron chi connectivity index (χ4n) is 1.73. The zero-order valence-corrected chi connectivity index (χ0v) is 12.3. The number of rotatable bonds is 3. The topological polar surface area (TPSA) is 36.1 Å².